The molecule has 155 valence electrons. The molecule has 8 heteroatoms. The van der Waals surface area contributed by atoms with Gasteiger partial charge in [-0.25, -0.2) is 4.40 Å². The van der Waals surface area contributed by atoms with Crippen molar-refractivity contribution in [3.63, 3.8) is 0 Å². The zero-order chi connectivity index (χ0) is 20.3. The van der Waals surface area contributed by atoms with E-state index in [1.165, 1.54) is 5.52 Å². The van der Waals surface area contributed by atoms with E-state index in [9.17, 15) is 0 Å². The molecular weight excluding hydrogens is 567 g/mol. The Bertz CT molecular complexity index is 1400. The fourth-order valence-electron chi connectivity index (χ4n) is 3.24. The van der Waals surface area contributed by atoms with Crippen LogP contribution in [0.4, 0.5) is 0 Å². The summed E-state index contributed by atoms with van der Waals surface area (Å²) in [5.74, 6) is 1.27. The number of rotatable bonds is 2. The van der Waals surface area contributed by atoms with Gasteiger partial charge in [-0.1, -0.05) is 48.2 Å². The molecule has 1 aromatic carbocycles. The van der Waals surface area contributed by atoms with Crippen LogP contribution in [0.2, 0.25) is 0 Å². The predicted octanol–water partition coefficient (Wildman–Crippen LogP) is 3.10. The number of benzene rings is 1. The van der Waals surface area contributed by atoms with Gasteiger partial charge in [-0.3, -0.25) is 14.6 Å². The maximum absolute atomic E-state index is 4.62. The second kappa shape index (κ2) is 9.04. The molecule has 0 fully saturated rings. The second-order valence-electron chi connectivity index (χ2n) is 6.73. The standard InChI is InChI=1S/C15H11N3.C8H7N4.Ir/c1-2-6-12(7-3-1)13-10-15-14-8-4-5-9-17(14)11-18(15)16-13;1-6-10-8(12-11-6)7-4-2-3-5-9-7;/h1-11H;2-5H,1H3;/q;-1;. The molecule has 31 heavy (non-hydrogen) atoms. The van der Waals surface area contributed by atoms with E-state index in [1.54, 1.807) is 13.1 Å². The zero-order valence-corrected chi connectivity index (χ0v) is 19.0. The van der Waals surface area contributed by atoms with E-state index in [0.29, 0.717) is 11.6 Å². The molecule has 0 saturated heterocycles. The van der Waals surface area contributed by atoms with E-state index in [1.807, 2.05) is 65.6 Å². The summed E-state index contributed by atoms with van der Waals surface area (Å²) in [6, 6.07) is 24.2. The molecular formula is C23H18IrN7-. The van der Waals surface area contributed by atoms with Crippen LogP contribution in [0.1, 0.15) is 5.82 Å². The van der Waals surface area contributed by atoms with Gasteiger partial charge in [-0.15, -0.1) is 0 Å². The van der Waals surface area contributed by atoms with Crippen molar-refractivity contribution in [2.24, 2.45) is 0 Å². The van der Waals surface area contributed by atoms with Gasteiger partial charge in [-0.05, 0) is 48.6 Å². The summed E-state index contributed by atoms with van der Waals surface area (Å²) >= 11 is 0. The zero-order valence-electron chi connectivity index (χ0n) is 16.6. The molecule has 0 saturated carbocycles. The quantitative estimate of drug-likeness (QED) is 0.293. The molecule has 6 aromatic rings. The average molecular weight is 585 g/mol. The largest absolute Gasteiger partial charge is 0.493 e. The number of nitrogens with zero attached hydrogens (tertiary/aromatic N) is 7. The third kappa shape index (κ3) is 4.30. The summed E-state index contributed by atoms with van der Waals surface area (Å²) < 4.78 is 4.01. The number of aromatic nitrogens is 7. The van der Waals surface area contributed by atoms with Gasteiger partial charge >= 0.3 is 0 Å². The van der Waals surface area contributed by atoms with Gasteiger partial charge in [0.1, 0.15) is 0 Å². The van der Waals surface area contributed by atoms with Crippen LogP contribution in [0, 0.1) is 6.92 Å². The third-order valence-corrected chi connectivity index (χ3v) is 4.64. The van der Waals surface area contributed by atoms with Crippen molar-refractivity contribution >= 4 is 11.0 Å². The van der Waals surface area contributed by atoms with Crippen LogP contribution in [-0.2, 0) is 20.1 Å². The summed E-state index contributed by atoms with van der Waals surface area (Å²) in [4.78, 5) is 8.19. The molecule has 0 spiro atoms. The average Bonchev–Trinajstić information content (AvgIpc) is 3.50. The van der Waals surface area contributed by atoms with Crippen LogP contribution in [-0.4, -0.2) is 19.5 Å². The SMILES string of the molecule is Cc1n[n-]c(-c2ccccn2)n1.[Ir].c1ccc(-c2cc3c4ccccn4c[n+]3[n-]2)cc1. The van der Waals surface area contributed by atoms with Crippen LogP contribution in [0.15, 0.2) is 91.5 Å². The Kier molecular flexibility index (Phi) is 6.02. The summed E-state index contributed by atoms with van der Waals surface area (Å²) in [6.07, 6.45) is 5.74. The van der Waals surface area contributed by atoms with Crippen LogP contribution in [0.3, 0.4) is 0 Å². The van der Waals surface area contributed by atoms with Gasteiger partial charge in [0.15, 0.2) is 11.0 Å². The molecule has 0 atom stereocenters. The molecule has 0 aliphatic heterocycles. The molecule has 0 amide bonds. The van der Waals surface area contributed by atoms with Crippen LogP contribution >= 0.6 is 0 Å². The first-order chi connectivity index (χ1) is 14.8. The normalized spacial score (nSPS) is 10.5. The Morgan fingerprint density at radius 1 is 0.935 bits per heavy atom. The van der Waals surface area contributed by atoms with Gasteiger partial charge in [0.25, 0.3) is 0 Å². The summed E-state index contributed by atoms with van der Waals surface area (Å²) in [7, 11) is 0. The Balaban J connectivity index is 0.000000156. The Morgan fingerprint density at radius 2 is 1.74 bits per heavy atom. The molecule has 1 radical (unpaired) electrons. The van der Waals surface area contributed by atoms with Crippen molar-refractivity contribution in [2.75, 3.05) is 0 Å². The molecule has 6 rings (SSSR count). The molecule has 0 aliphatic rings. The fourth-order valence-corrected chi connectivity index (χ4v) is 3.24. The molecule has 0 aliphatic carbocycles. The van der Waals surface area contributed by atoms with Gasteiger partial charge in [-0.2, -0.15) is 0 Å². The van der Waals surface area contributed by atoms with E-state index in [-0.39, 0.29) is 20.1 Å². The molecule has 5 aromatic heterocycles. The maximum atomic E-state index is 4.62. The van der Waals surface area contributed by atoms with E-state index >= 15 is 0 Å². The van der Waals surface area contributed by atoms with Gasteiger partial charge in [0.2, 0.25) is 6.33 Å². The summed E-state index contributed by atoms with van der Waals surface area (Å²) in [5.41, 5.74) is 5.23. The van der Waals surface area contributed by atoms with Gasteiger partial charge in [0, 0.05) is 32.1 Å². The van der Waals surface area contributed by atoms with Crippen molar-refractivity contribution in [2.45, 2.75) is 6.92 Å². The van der Waals surface area contributed by atoms with E-state index in [2.05, 4.69) is 53.9 Å². The van der Waals surface area contributed by atoms with Crippen molar-refractivity contribution in [1.29, 1.82) is 0 Å². The molecule has 7 nitrogen and oxygen atoms in total. The molecule has 0 bridgehead atoms. The predicted molar refractivity (Wildman–Crippen MR) is 113 cm³/mol. The number of fused-ring (bicyclic) bond motifs is 3. The fraction of sp³-hybridized carbons (Fsp3) is 0.0435. The van der Waals surface area contributed by atoms with Crippen molar-refractivity contribution in [3.05, 3.63) is 97.3 Å². The van der Waals surface area contributed by atoms with Crippen molar-refractivity contribution in [1.82, 2.24) is 29.7 Å². The Hall–Kier alpha value is -3.61. The summed E-state index contributed by atoms with van der Waals surface area (Å²) in [5, 5.41) is 12.3. The van der Waals surface area contributed by atoms with Crippen molar-refractivity contribution < 1.29 is 24.6 Å². The minimum absolute atomic E-state index is 0. The number of hydrogen-bond acceptors (Lipinski definition) is 3. The minimum Gasteiger partial charge on any atom is -0.493 e. The van der Waals surface area contributed by atoms with Gasteiger partial charge < -0.3 is 15.2 Å². The molecule has 5 heterocycles. The first-order valence-corrected chi connectivity index (χ1v) is 9.54. The number of imidazole rings is 1. The third-order valence-electron chi connectivity index (χ3n) is 4.64. The molecule has 0 N–H and O–H groups in total. The topological polar surface area (TPSA) is 75.4 Å². The number of pyridine rings is 2. The number of hydrogen-bond donors (Lipinski definition) is 0. The van der Waals surface area contributed by atoms with Crippen molar-refractivity contribution in [3.8, 4) is 22.8 Å². The smallest absolute Gasteiger partial charge is 0.240 e. The van der Waals surface area contributed by atoms with Gasteiger partial charge in [0.05, 0.1) is 11.9 Å². The minimum atomic E-state index is 0. The van der Waals surface area contributed by atoms with Crippen LogP contribution in [0.5, 0.6) is 0 Å². The monoisotopic (exact) mass is 585 g/mol. The van der Waals surface area contributed by atoms with E-state index in [4.69, 9.17) is 0 Å². The summed E-state index contributed by atoms with van der Waals surface area (Å²) in [6.45, 7) is 1.80. The Labute approximate surface area is 192 Å². The first kappa shape index (κ1) is 20.7. The molecule has 0 unspecified atom stereocenters. The second-order valence-corrected chi connectivity index (χ2v) is 6.73. The first-order valence-electron chi connectivity index (χ1n) is 9.54. The Morgan fingerprint density at radius 3 is 2.48 bits per heavy atom. The maximum Gasteiger partial charge on any atom is 0.240 e. The van der Waals surface area contributed by atoms with Crippen LogP contribution < -0.4 is 14.7 Å². The van der Waals surface area contributed by atoms with Crippen LogP contribution in [0.25, 0.3) is 33.8 Å². The van der Waals surface area contributed by atoms with E-state index in [0.717, 1.165) is 22.5 Å². The van der Waals surface area contributed by atoms with E-state index < -0.39 is 0 Å². The number of aryl methyl sites for hydroxylation is 1.